The van der Waals surface area contributed by atoms with E-state index in [4.69, 9.17) is 9.47 Å². The van der Waals surface area contributed by atoms with Crippen LogP contribution in [-0.2, 0) is 0 Å². The van der Waals surface area contributed by atoms with Crippen molar-refractivity contribution in [2.45, 2.75) is 25.9 Å². The van der Waals surface area contributed by atoms with E-state index in [9.17, 15) is 0 Å². The zero-order valence-corrected chi connectivity index (χ0v) is 10.3. The molecule has 0 spiro atoms. The van der Waals surface area contributed by atoms with Crippen LogP contribution >= 0.6 is 0 Å². The Balaban J connectivity index is 1.81. The van der Waals surface area contributed by atoms with Crippen LogP contribution < -0.4 is 14.8 Å². The van der Waals surface area contributed by atoms with E-state index in [1.165, 1.54) is 0 Å². The summed E-state index contributed by atoms with van der Waals surface area (Å²) in [7, 11) is 1.98. The van der Waals surface area contributed by atoms with Crippen LogP contribution in [0, 0.1) is 5.92 Å². The van der Waals surface area contributed by atoms with Gasteiger partial charge < -0.3 is 14.8 Å². The molecule has 1 heterocycles. The maximum absolute atomic E-state index is 5.68. The molecule has 0 aromatic carbocycles. The fourth-order valence-electron chi connectivity index (χ4n) is 1.99. The van der Waals surface area contributed by atoms with Gasteiger partial charge in [-0.05, 0) is 39.3 Å². The van der Waals surface area contributed by atoms with Crippen LogP contribution in [0.2, 0.25) is 0 Å². The maximum atomic E-state index is 5.68. The molecule has 1 aliphatic carbocycles. The summed E-state index contributed by atoms with van der Waals surface area (Å²) in [6, 6.07) is 2.16. The topological polar surface area (TPSA) is 56.3 Å². The summed E-state index contributed by atoms with van der Waals surface area (Å²) in [5.41, 5.74) is 0. The lowest BCUT2D eigenvalue weighted by molar-refractivity contribution is 0.0565. The Morgan fingerprint density at radius 1 is 1.47 bits per heavy atom. The molecule has 1 aromatic rings. The Morgan fingerprint density at radius 2 is 2.29 bits per heavy atom. The summed E-state index contributed by atoms with van der Waals surface area (Å²) >= 11 is 0. The van der Waals surface area contributed by atoms with Crippen molar-refractivity contribution in [3.05, 3.63) is 12.3 Å². The van der Waals surface area contributed by atoms with Crippen LogP contribution in [0.5, 0.6) is 11.9 Å². The van der Waals surface area contributed by atoms with Crippen LogP contribution in [0.4, 0.5) is 0 Å². The molecule has 1 fully saturated rings. The molecule has 5 heteroatoms. The van der Waals surface area contributed by atoms with Gasteiger partial charge in [-0.25, -0.2) is 4.98 Å². The lowest BCUT2D eigenvalue weighted by Gasteiger charge is -2.34. The Hall–Kier alpha value is -1.36. The zero-order chi connectivity index (χ0) is 12.1. The van der Waals surface area contributed by atoms with Gasteiger partial charge in [0.05, 0.1) is 6.61 Å². The Labute approximate surface area is 102 Å². The van der Waals surface area contributed by atoms with Gasteiger partial charge in [0.15, 0.2) is 0 Å². The molecule has 1 aliphatic rings. The van der Waals surface area contributed by atoms with E-state index in [2.05, 4.69) is 15.3 Å². The minimum atomic E-state index is 0.255. The predicted octanol–water partition coefficient (Wildman–Crippen LogP) is 1.25. The monoisotopic (exact) mass is 237 g/mol. The molecule has 5 nitrogen and oxygen atoms in total. The lowest BCUT2D eigenvalue weighted by Crippen LogP contribution is -2.39. The molecule has 1 saturated carbocycles. The third kappa shape index (κ3) is 3.30. The van der Waals surface area contributed by atoms with Crippen molar-refractivity contribution in [2.24, 2.45) is 5.92 Å². The van der Waals surface area contributed by atoms with Crippen molar-refractivity contribution in [1.29, 1.82) is 0 Å². The summed E-state index contributed by atoms with van der Waals surface area (Å²) < 4.78 is 11.0. The second-order valence-electron chi connectivity index (χ2n) is 4.25. The van der Waals surface area contributed by atoms with Gasteiger partial charge in [0.25, 0.3) is 0 Å². The van der Waals surface area contributed by atoms with Crippen molar-refractivity contribution in [3.8, 4) is 11.9 Å². The second-order valence-corrected chi connectivity index (χ2v) is 4.25. The molecule has 0 aliphatic heterocycles. The van der Waals surface area contributed by atoms with Crippen LogP contribution in [0.3, 0.4) is 0 Å². The Bertz CT molecular complexity index is 353. The Kier molecular flexibility index (Phi) is 4.14. The van der Waals surface area contributed by atoms with E-state index in [1.54, 1.807) is 12.3 Å². The first-order valence-electron chi connectivity index (χ1n) is 6.09. The highest BCUT2D eigenvalue weighted by molar-refractivity contribution is 5.11. The van der Waals surface area contributed by atoms with Gasteiger partial charge in [0, 0.05) is 12.3 Å². The molecule has 0 atom stereocenters. The van der Waals surface area contributed by atoms with Crippen molar-refractivity contribution in [2.75, 3.05) is 20.2 Å². The number of nitrogens with one attached hydrogen (secondary N) is 1. The predicted molar refractivity (Wildman–Crippen MR) is 64.3 cm³/mol. The first kappa shape index (κ1) is 12.1. The molecule has 0 unspecified atom stereocenters. The van der Waals surface area contributed by atoms with Crippen molar-refractivity contribution < 1.29 is 9.47 Å². The van der Waals surface area contributed by atoms with Crippen LogP contribution in [-0.4, -0.2) is 36.3 Å². The minimum Gasteiger partial charge on any atom is -0.478 e. The number of hydrogen-bond acceptors (Lipinski definition) is 5. The molecular weight excluding hydrogens is 218 g/mol. The highest BCUT2D eigenvalue weighted by atomic mass is 16.5. The van der Waals surface area contributed by atoms with Crippen LogP contribution in [0.1, 0.15) is 19.8 Å². The minimum absolute atomic E-state index is 0.255. The van der Waals surface area contributed by atoms with E-state index in [-0.39, 0.29) is 6.10 Å². The van der Waals surface area contributed by atoms with Gasteiger partial charge in [0.2, 0.25) is 5.88 Å². The normalized spacial score (nSPS) is 22.9. The van der Waals surface area contributed by atoms with Crippen molar-refractivity contribution >= 4 is 0 Å². The SMILES string of the molecule is CCOc1ccnc(OC2CC(CNC)C2)n1. The maximum Gasteiger partial charge on any atom is 0.319 e. The van der Waals surface area contributed by atoms with E-state index in [0.29, 0.717) is 18.5 Å². The van der Waals surface area contributed by atoms with E-state index >= 15 is 0 Å². The molecule has 2 rings (SSSR count). The largest absolute Gasteiger partial charge is 0.478 e. The fourth-order valence-corrected chi connectivity index (χ4v) is 1.99. The van der Waals surface area contributed by atoms with Gasteiger partial charge in [0.1, 0.15) is 6.10 Å². The molecule has 1 aromatic heterocycles. The fraction of sp³-hybridized carbons (Fsp3) is 0.667. The zero-order valence-electron chi connectivity index (χ0n) is 10.3. The van der Waals surface area contributed by atoms with Crippen molar-refractivity contribution in [3.63, 3.8) is 0 Å². The summed E-state index contributed by atoms with van der Waals surface area (Å²) in [6.45, 7) is 3.58. The van der Waals surface area contributed by atoms with E-state index in [1.807, 2.05) is 14.0 Å². The quantitative estimate of drug-likeness (QED) is 0.807. The van der Waals surface area contributed by atoms with E-state index in [0.717, 1.165) is 25.3 Å². The van der Waals surface area contributed by atoms with Gasteiger partial charge >= 0.3 is 6.01 Å². The summed E-state index contributed by atoms with van der Waals surface area (Å²) in [6.07, 6.45) is 4.06. The van der Waals surface area contributed by atoms with Gasteiger partial charge in [-0.2, -0.15) is 4.98 Å². The number of nitrogens with zero attached hydrogens (tertiary/aromatic N) is 2. The molecule has 0 saturated heterocycles. The second kappa shape index (κ2) is 5.82. The summed E-state index contributed by atoms with van der Waals surface area (Å²) in [5, 5.41) is 3.17. The molecule has 0 radical (unpaired) electrons. The first-order chi connectivity index (χ1) is 8.31. The molecule has 94 valence electrons. The molecule has 17 heavy (non-hydrogen) atoms. The smallest absolute Gasteiger partial charge is 0.319 e. The number of aromatic nitrogens is 2. The van der Waals surface area contributed by atoms with Gasteiger partial charge in [-0.1, -0.05) is 0 Å². The summed E-state index contributed by atoms with van der Waals surface area (Å²) in [4.78, 5) is 8.27. The number of hydrogen-bond donors (Lipinski definition) is 1. The molecule has 0 bridgehead atoms. The highest BCUT2D eigenvalue weighted by Crippen LogP contribution is 2.29. The standard InChI is InChI=1S/C12H19N3O2/c1-3-16-11-4-5-14-12(15-11)17-10-6-9(7-10)8-13-2/h4-5,9-10,13H,3,6-8H2,1-2H3. The van der Waals surface area contributed by atoms with Crippen LogP contribution in [0.25, 0.3) is 0 Å². The van der Waals surface area contributed by atoms with E-state index < -0.39 is 0 Å². The Morgan fingerprint density at radius 3 is 3.00 bits per heavy atom. The average molecular weight is 237 g/mol. The molecular formula is C12H19N3O2. The highest BCUT2D eigenvalue weighted by Gasteiger charge is 2.30. The van der Waals surface area contributed by atoms with Crippen molar-refractivity contribution in [1.82, 2.24) is 15.3 Å². The van der Waals surface area contributed by atoms with Gasteiger partial charge in [-0.15, -0.1) is 0 Å². The molecule has 0 amide bonds. The van der Waals surface area contributed by atoms with Gasteiger partial charge in [-0.3, -0.25) is 0 Å². The third-order valence-electron chi connectivity index (χ3n) is 2.86. The average Bonchev–Trinajstić information content (AvgIpc) is 2.27. The number of ether oxygens (including phenoxy) is 2. The first-order valence-corrected chi connectivity index (χ1v) is 6.09. The number of rotatable bonds is 6. The lowest BCUT2D eigenvalue weighted by atomic mass is 9.82. The summed E-state index contributed by atoms with van der Waals surface area (Å²) in [5.74, 6) is 1.30. The third-order valence-corrected chi connectivity index (χ3v) is 2.86. The molecule has 1 N–H and O–H groups in total. The van der Waals surface area contributed by atoms with Crippen LogP contribution in [0.15, 0.2) is 12.3 Å².